The van der Waals surface area contributed by atoms with Crippen LogP contribution in [-0.4, -0.2) is 61.2 Å². The van der Waals surface area contributed by atoms with Gasteiger partial charge in [-0.25, -0.2) is 0 Å². The lowest BCUT2D eigenvalue weighted by atomic mass is 10.4. The Bertz CT molecular complexity index is 918. The summed E-state index contributed by atoms with van der Waals surface area (Å²) in [7, 11) is 0.742. The summed E-state index contributed by atoms with van der Waals surface area (Å²) in [6.45, 7) is 0. The number of rotatable bonds is 12. The van der Waals surface area contributed by atoms with Crippen LogP contribution in [0.5, 0.6) is 0 Å². The zero-order chi connectivity index (χ0) is 23.8. The lowest BCUT2D eigenvalue weighted by Gasteiger charge is -2.44. The van der Waals surface area contributed by atoms with Crippen molar-refractivity contribution >= 4 is 41.6 Å². The van der Waals surface area contributed by atoms with Gasteiger partial charge in [-0.1, -0.05) is 91.0 Å². The third-order valence-corrected chi connectivity index (χ3v) is 17.5. The maximum atomic E-state index is 7.20. The van der Waals surface area contributed by atoms with Crippen molar-refractivity contribution in [1.82, 2.24) is 24.9 Å². The zero-order valence-electron chi connectivity index (χ0n) is 20.0. The standard InChI is InChI=1S/C23H35N5O2Si3/c1-24-31(25-2,21-15-9-6-10-16-21)29-33(28-5,23-19-13-8-14-20-23)30-32(26-3,27-4)22-17-11-7-12-18-22/h6-20,24-28H,1-5H3. The van der Waals surface area contributed by atoms with Gasteiger partial charge in [-0.05, 0) is 45.6 Å². The van der Waals surface area contributed by atoms with Gasteiger partial charge in [0.15, 0.2) is 0 Å². The number of hydrogen-bond donors (Lipinski definition) is 5. The molecule has 0 fully saturated rings. The molecular formula is C23H35N5O2Si3. The largest absolute Gasteiger partial charge is 0.443 e. The summed E-state index contributed by atoms with van der Waals surface area (Å²) < 4.78 is 14.4. The van der Waals surface area contributed by atoms with Crippen LogP contribution in [0, 0.1) is 0 Å². The van der Waals surface area contributed by atoms with Gasteiger partial charge in [0.2, 0.25) is 0 Å². The first kappa shape index (κ1) is 25.6. The maximum Gasteiger partial charge on any atom is 0.443 e. The summed E-state index contributed by atoms with van der Waals surface area (Å²) in [5.41, 5.74) is 0. The third kappa shape index (κ3) is 5.25. The van der Waals surface area contributed by atoms with Crippen LogP contribution in [0.2, 0.25) is 0 Å². The third-order valence-electron chi connectivity index (χ3n) is 5.85. The molecule has 5 N–H and O–H groups in total. The molecule has 3 aromatic carbocycles. The molecule has 0 spiro atoms. The number of hydrogen-bond acceptors (Lipinski definition) is 7. The molecule has 0 amide bonds. The molecular weight excluding hydrogens is 463 g/mol. The molecule has 0 aliphatic heterocycles. The molecule has 3 rings (SSSR count). The van der Waals surface area contributed by atoms with Crippen LogP contribution < -0.4 is 40.5 Å². The molecule has 3 aromatic rings. The Kier molecular flexibility index (Phi) is 8.89. The van der Waals surface area contributed by atoms with Gasteiger partial charge in [0, 0.05) is 5.19 Å². The molecule has 0 aromatic heterocycles. The van der Waals surface area contributed by atoms with Crippen LogP contribution >= 0.6 is 0 Å². The number of benzene rings is 3. The molecule has 0 bridgehead atoms. The average molecular weight is 498 g/mol. The van der Waals surface area contributed by atoms with Gasteiger partial charge < -0.3 is 28.2 Å². The highest BCUT2D eigenvalue weighted by molar-refractivity contribution is 6.98. The summed E-state index contributed by atoms with van der Waals surface area (Å²) in [4.78, 5) is 17.5. The molecule has 33 heavy (non-hydrogen) atoms. The van der Waals surface area contributed by atoms with Crippen molar-refractivity contribution in [1.29, 1.82) is 0 Å². The fraction of sp³-hybridized carbons (Fsp3) is 0.217. The predicted octanol–water partition coefficient (Wildman–Crippen LogP) is -0.345. The smallest absolute Gasteiger partial charge is 0.393 e. The molecule has 0 heterocycles. The highest BCUT2D eigenvalue weighted by Gasteiger charge is 2.55. The van der Waals surface area contributed by atoms with E-state index >= 15 is 0 Å². The van der Waals surface area contributed by atoms with Gasteiger partial charge in [-0.2, -0.15) is 0 Å². The van der Waals surface area contributed by atoms with Gasteiger partial charge in [0.05, 0.1) is 0 Å². The first-order valence-electron chi connectivity index (χ1n) is 11.0. The van der Waals surface area contributed by atoms with Crippen LogP contribution in [-0.2, 0) is 8.23 Å². The van der Waals surface area contributed by atoms with Gasteiger partial charge in [-0.15, -0.1) is 0 Å². The molecule has 0 aliphatic carbocycles. The summed E-state index contributed by atoms with van der Waals surface area (Å²) in [5.74, 6) is 0. The van der Waals surface area contributed by atoms with Crippen molar-refractivity contribution in [3.63, 3.8) is 0 Å². The van der Waals surface area contributed by atoms with E-state index in [0.717, 1.165) is 15.6 Å². The monoisotopic (exact) mass is 497 g/mol. The zero-order valence-corrected chi connectivity index (χ0v) is 23.0. The highest BCUT2D eigenvalue weighted by Crippen LogP contribution is 2.15. The van der Waals surface area contributed by atoms with E-state index < -0.39 is 26.0 Å². The second-order valence-electron chi connectivity index (χ2n) is 7.53. The van der Waals surface area contributed by atoms with Gasteiger partial charge in [0.25, 0.3) is 0 Å². The van der Waals surface area contributed by atoms with E-state index in [2.05, 4.69) is 61.3 Å². The predicted molar refractivity (Wildman–Crippen MR) is 143 cm³/mol. The van der Waals surface area contributed by atoms with Crippen molar-refractivity contribution < 1.29 is 8.23 Å². The summed E-state index contributed by atoms with van der Waals surface area (Å²) in [6, 6.07) is 30.7. The molecule has 0 saturated heterocycles. The van der Waals surface area contributed by atoms with Crippen LogP contribution in [0.3, 0.4) is 0 Å². The SMILES string of the molecule is CN[Si](NC)(O[Si](NC)(O[Si](NC)(NC)c1ccccc1)c1ccccc1)c1ccccc1. The topological polar surface area (TPSA) is 78.6 Å². The fourth-order valence-corrected chi connectivity index (χ4v) is 16.2. The van der Waals surface area contributed by atoms with Crippen LogP contribution in [0.4, 0.5) is 0 Å². The van der Waals surface area contributed by atoms with Gasteiger partial charge in [-0.3, -0.25) is 4.98 Å². The normalized spacial score (nSPS) is 12.6. The molecule has 0 radical (unpaired) electrons. The molecule has 0 unspecified atom stereocenters. The maximum absolute atomic E-state index is 7.20. The van der Waals surface area contributed by atoms with E-state index in [-0.39, 0.29) is 0 Å². The van der Waals surface area contributed by atoms with E-state index in [0.29, 0.717) is 0 Å². The Morgan fingerprint density at radius 2 is 0.727 bits per heavy atom. The minimum Gasteiger partial charge on any atom is -0.393 e. The van der Waals surface area contributed by atoms with E-state index in [9.17, 15) is 0 Å². The lowest BCUT2D eigenvalue weighted by Crippen LogP contribution is -2.84. The fourth-order valence-electron chi connectivity index (χ4n) is 3.97. The second kappa shape index (κ2) is 11.4. The van der Waals surface area contributed by atoms with E-state index in [4.69, 9.17) is 8.23 Å². The van der Waals surface area contributed by atoms with E-state index in [1.807, 2.05) is 89.8 Å². The van der Waals surface area contributed by atoms with E-state index in [1.165, 1.54) is 0 Å². The highest BCUT2D eigenvalue weighted by atomic mass is 28.5. The van der Waals surface area contributed by atoms with Crippen molar-refractivity contribution in [2.45, 2.75) is 0 Å². The Morgan fingerprint density at radius 3 is 1.00 bits per heavy atom. The Balaban J connectivity index is 2.19. The Labute approximate surface area is 200 Å². The Morgan fingerprint density at radius 1 is 0.424 bits per heavy atom. The number of nitrogens with one attached hydrogen (secondary N) is 5. The summed E-state index contributed by atoms with van der Waals surface area (Å²) in [5, 5.41) is 3.18. The molecule has 0 saturated carbocycles. The van der Waals surface area contributed by atoms with Gasteiger partial charge in [0.1, 0.15) is 0 Å². The van der Waals surface area contributed by atoms with Crippen molar-refractivity contribution in [3.05, 3.63) is 91.0 Å². The quantitative estimate of drug-likeness (QED) is 0.219. The van der Waals surface area contributed by atoms with Crippen LogP contribution in [0.15, 0.2) is 91.0 Å². The summed E-state index contributed by atoms with van der Waals surface area (Å²) in [6.07, 6.45) is 0. The average Bonchev–Trinajstić information content (AvgIpc) is 2.91. The molecule has 0 aliphatic rings. The molecule has 0 atom stereocenters. The minimum absolute atomic E-state index is 1.00. The van der Waals surface area contributed by atoms with Crippen molar-refractivity contribution in [2.24, 2.45) is 0 Å². The first-order chi connectivity index (χ1) is 16.0. The van der Waals surface area contributed by atoms with Crippen molar-refractivity contribution in [2.75, 3.05) is 35.2 Å². The second-order valence-corrected chi connectivity index (χ2v) is 17.4. The van der Waals surface area contributed by atoms with Crippen molar-refractivity contribution in [3.8, 4) is 0 Å². The van der Waals surface area contributed by atoms with Gasteiger partial charge >= 0.3 is 26.0 Å². The molecule has 176 valence electrons. The van der Waals surface area contributed by atoms with Crippen LogP contribution in [0.25, 0.3) is 0 Å². The first-order valence-corrected chi connectivity index (χ1v) is 16.7. The molecule has 7 nitrogen and oxygen atoms in total. The lowest BCUT2D eigenvalue weighted by molar-refractivity contribution is 0.356. The van der Waals surface area contributed by atoms with E-state index in [1.54, 1.807) is 0 Å². The summed E-state index contributed by atoms with van der Waals surface area (Å²) >= 11 is 0. The Hall–Kier alpha value is -1.97. The minimum atomic E-state index is -3.24. The van der Waals surface area contributed by atoms with Crippen LogP contribution in [0.1, 0.15) is 0 Å². The molecule has 10 heteroatoms.